The third-order valence-electron chi connectivity index (χ3n) is 3.06. The van der Waals surface area contributed by atoms with Gasteiger partial charge in [-0.15, -0.1) is 0 Å². The van der Waals surface area contributed by atoms with Gasteiger partial charge in [-0.05, 0) is 48.9 Å². The molecule has 0 aliphatic carbocycles. The molecule has 2 rings (SSSR count). The van der Waals surface area contributed by atoms with Crippen molar-refractivity contribution in [2.75, 3.05) is 20.3 Å². The molecule has 0 unspecified atom stereocenters. The summed E-state index contributed by atoms with van der Waals surface area (Å²) in [5.74, 6) is 1.84. The van der Waals surface area contributed by atoms with E-state index in [1.165, 1.54) is 7.11 Å². The second kappa shape index (κ2) is 7.71. The van der Waals surface area contributed by atoms with Crippen molar-refractivity contribution in [2.45, 2.75) is 6.92 Å². The van der Waals surface area contributed by atoms with Gasteiger partial charge in [0.15, 0.2) is 11.5 Å². The summed E-state index contributed by atoms with van der Waals surface area (Å²) in [6.45, 7) is 2.67. The Morgan fingerprint density at radius 1 is 1.05 bits per heavy atom. The zero-order chi connectivity index (χ0) is 15.9. The van der Waals surface area contributed by atoms with Crippen LogP contribution in [0, 0.1) is 6.92 Å². The molecule has 0 aromatic heterocycles. The van der Waals surface area contributed by atoms with Crippen molar-refractivity contribution < 1.29 is 19.0 Å². The number of methoxy groups -OCH3 is 1. The first kappa shape index (κ1) is 16.2. The molecule has 22 heavy (non-hydrogen) atoms. The van der Waals surface area contributed by atoms with Gasteiger partial charge in [0, 0.05) is 10.6 Å². The van der Waals surface area contributed by atoms with Crippen molar-refractivity contribution in [2.24, 2.45) is 0 Å². The molecule has 0 N–H and O–H groups in total. The normalized spacial score (nSPS) is 10.1. The minimum Gasteiger partial charge on any atom is -0.493 e. The third kappa shape index (κ3) is 4.15. The fourth-order valence-electron chi connectivity index (χ4n) is 1.89. The van der Waals surface area contributed by atoms with Crippen LogP contribution in [0.4, 0.5) is 0 Å². The highest BCUT2D eigenvalue weighted by Gasteiger charge is 2.06. The first-order chi connectivity index (χ1) is 10.6. The summed E-state index contributed by atoms with van der Waals surface area (Å²) >= 11 is 5.96. The van der Waals surface area contributed by atoms with E-state index >= 15 is 0 Å². The average Bonchev–Trinajstić information content (AvgIpc) is 2.54. The fraction of sp³-hybridized carbons (Fsp3) is 0.235. The number of carbonyl (C=O) groups excluding carboxylic acids is 1. The minimum atomic E-state index is 0.360. The first-order valence-electron chi connectivity index (χ1n) is 6.79. The van der Waals surface area contributed by atoms with Crippen LogP contribution in [0.15, 0.2) is 36.4 Å². The van der Waals surface area contributed by atoms with Crippen molar-refractivity contribution in [1.82, 2.24) is 0 Å². The number of benzene rings is 2. The molecule has 0 amide bonds. The number of halogens is 1. The maximum absolute atomic E-state index is 10.7. The molecule has 0 atom stereocenters. The highest BCUT2D eigenvalue weighted by atomic mass is 35.5. The number of aldehydes is 1. The largest absolute Gasteiger partial charge is 0.493 e. The first-order valence-corrected chi connectivity index (χ1v) is 7.17. The summed E-state index contributed by atoms with van der Waals surface area (Å²) in [7, 11) is 1.53. The van der Waals surface area contributed by atoms with Crippen molar-refractivity contribution in [3.63, 3.8) is 0 Å². The number of ether oxygens (including phenoxy) is 3. The lowest BCUT2D eigenvalue weighted by molar-refractivity contribution is 0.112. The third-order valence-corrected chi connectivity index (χ3v) is 3.49. The van der Waals surface area contributed by atoms with Crippen LogP contribution in [0.3, 0.4) is 0 Å². The van der Waals surface area contributed by atoms with Crippen LogP contribution in [0.5, 0.6) is 17.2 Å². The summed E-state index contributed by atoms with van der Waals surface area (Å²) in [5.41, 5.74) is 1.50. The molecule has 0 aliphatic rings. The molecule has 2 aromatic carbocycles. The summed E-state index contributed by atoms with van der Waals surface area (Å²) in [5, 5.41) is 0.712. The van der Waals surface area contributed by atoms with E-state index in [1.807, 2.05) is 19.1 Å². The summed E-state index contributed by atoms with van der Waals surface area (Å²) in [6.07, 6.45) is 0.762. The number of aryl methyl sites for hydroxylation is 1. The lowest BCUT2D eigenvalue weighted by Crippen LogP contribution is -2.09. The van der Waals surface area contributed by atoms with E-state index in [1.54, 1.807) is 24.3 Å². The average molecular weight is 321 g/mol. The summed E-state index contributed by atoms with van der Waals surface area (Å²) < 4.78 is 16.4. The van der Waals surface area contributed by atoms with Gasteiger partial charge in [-0.1, -0.05) is 11.6 Å². The molecule has 0 aliphatic heterocycles. The van der Waals surface area contributed by atoms with Gasteiger partial charge in [0.05, 0.1) is 7.11 Å². The zero-order valence-electron chi connectivity index (χ0n) is 12.5. The second-order valence-corrected chi connectivity index (χ2v) is 5.04. The smallest absolute Gasteiger partial charge is 0.161 e. The molecule has 0 fully saturated rings. The molecule has 2 aromatic rings. The molecule has 0 saturated carbocycles. The van der Waals surface area contributed by atoms with Crippen molar-refractivity contribution in [1.29, 1.82) is 0 Å². The van der Waals surface area contributed by atoms with E-state index in [0.717, 1.165) is 17.6 Å². The van der Waals surface area contributed by atoms with E-state index in [2.05, 4.69) is 0 Å². The maximum Gasteiger partial charge on any atom is 0.161 e. The van der Waals surface area contributed by atoms with Crippen LogP contribution in [0.2, 0.25) is 5.02 Å². The predicted octanol–water partition coefficient (Wildman–Crippen LogP) is 3.93. The van der Waals surface area contributed by atoms with Crippen LogP contribution >= 0.6 is 11.6 Å². The summed E-state index contributed by atoms with van der Waals surface area (Å²) in [4.78, 5) is 10.7. The van der Waals surface area contributed by atoms with Gasteiger partial charge in [0.25, 0.3) is 0 Å². The van der Waals surface area contributed by atoms with E-state index in [4.69, 9.17) is 25.8 Å². The molecular formula is C17H17ClO4. The van der Waals surface area contributed by atoms with Gasteiger partial charge >= 0.3 is 0 Å². The van der Waals surface area contributed by atoms with E-state index in [0.29, 0.717) is 35.3 Å². The molecule has 0 heterocycles. The highest BCUT2D eigenvalue weighted by Crippen LogP contribution is 2.27. The van der Waals surface area contributed by atoms with Gasteiger partial charge in [-0.25, -0.2) is 0 Å². The topological polar surface area (TPSA) is 44.8 Å². The molecule has 4 nitrogen and oxygen atoms in total. The Labute approximate surface area is 134 Å². The highest BCUT2D eigenvalue weighted by molar-refractivity contribution is 6.31. The number of rotatable bonds is 7. The van der Waals surface area contributed by atoms with Crippen molar-refractivity contribution >= 4 is 17.9 Å². The predicted molar refractivity (Wildman–Crippen MR) is 85.6 cm³/mol. The number of carbonyl (C=O) groups is 1. The molecule has 0 spiro atoms. The molecule has 0 bridgehead atoms. The van der Waals surface area contributed by atoms with Crippen LogP contribution in [-0.4, -0.2) is 26.6 Å². The zero-order valence-corrected chi connectivity index (χ0v) is 13.2. The Hall–Kier alpha value is -2.20. The van der Waals surface area contributed by atoms with Gasteiger partial charge in [-0.3, -0.25) is 4.79 Å². The van der Waals surface area contributed by atoms with E-state index < -0.39 is 0 Å². The van der Waals surface area contributed by atoms with E-state index in [-0.39, 0.29) is 0 Å². The Balaban J connectivity index is 1.88. The quantitative estimate of drug-likeness (QED) is 0.573. The molecule has 0 radical (unpaired) electrons. The van der Waals surface area contributed by atoms with E-state index in [9.17, 15) is 4.79 Å². The monoisotopic (exact) mass is 320 g/mol. The standard InChI is InChI=1S/C17H17ClO4/c1-12-9-14(4-5-15(12)18)21-7-8-22-16-6-3-13(11-19)10-17(16)20-2/h3-6,9-11H,7-8H2,1-2H3. The lowest BCUT2D eigenvalue weighted by Gasteiger charge is -2.12. The van der Waals surface area contributed by atoms with Crippen LogP contribution in [0.25, 0.3) is 0 Å². The maximum atomic E-state index is 10.7. The van der Waals surface area contributed by atoms with Crippen LogP contribution in [-0.2, 0) is 0 Å². The lowest BCUT2D eigenvalue weighted by atomic mass is 10.2. The Kier molecular flexibility index (Phi) is 5.67. The Bertz CT molecular complexity index is 655. The van der Waals surface area contributed by atoms with Gasteiger partial charge in [0.1, 0.15) is 25.2 Å². The Morgan fingerprint density at radius 2 is 1.82 bits per heavy atom. The second-order valence-electron chi connectivity index (χ2n) is 4.64. The van der Waals surface area contributed by atoms with Gasteiger partial charge in [0.2, 0.25) is 0 Å². The number of hydrogen-bond donors (Lipinski definition) is 0. The molecule has 5 heteroatoms. The van der Waals surface area contributed by atoms with Crippen molar-refractivity contribution in [3.8, 4) is 17.2 Å². The van der Waals surface area contributed by atoms with Gasteiger partial charge in [-0.2, -0.15) is 0 Å². The van der Waals surface area contributed by atoms with Crippen LogP contribution in [0.1, 0.15) is 15.9 Å². The number of hydrogen-bond acceptors (Lipinski definition) is 4. The summed E-state index contributed by atoms with van der Waals surface area (Å²) in [6, 6.07) is 10.5. The fourth-order valence-corrected chi connectivity index (χ4v) is 2.01. The molecular weight excluding hydrogens is 304 g/mol. The van der Waals surface area contributed by atoms with Crippen LogP contribution < -0.4 is 14.2 Å². The minimum absolute atomic E-state index is 0.360. The Morgan fingerprint density at radius 3 is 2.50 bits per heavy atom. The molecule has 116 valence electrons. The molecule has 0 saturated heterocycles. The van der Waals surface area contributed by atoms with Gasteiger partial charge < -0.3 is 14.2 Å². The SMILES string of the molecule is COc1cc(C=O)ccc1OCCOc1ccc(Cl)c(C)c1. The van der Waals surface area contributed by atoms with Crippen molar-refractivity contribution in [3.05, 3.63) is 52.5 Å².